The van der Waals surface area contributed by atoms with Gasteiger partial charge in [-0.3, -0.25) is 9.36 Å². The second-order valence-electron chi connectivity index (χ2n) is 7.45. The predicted octanol–water partition coefficient (Wildman–Crippen LogP) is 4.26. The van der Waals surface area contributed by atoms with Crippen molar-refractivity contribution >= 4 is 51.1 Å². The lowest BCUT2D eigenvalue weighted by atomic mass is 9.96. The summed E-state index contributed by atoms with van der Waals surface area (Å²) in [5.41, 5.74) is 1.50. The number of nitrogens with zero attached hydrogens (tertiary/aromatic N) is 2. The van der Waals surface area contributed by atoms with Crippen molar-refractivity contribution < 1.29 is 13.9 Å². The molecule has 0 aliphatic carbocycles. The molecule has 1 aliphatic heterocycles. The summed E-state index contributed by atoms with van der Waals surface area (Å²) in [5.74, 6) is 0.0857. The Balaban J connectivity index is 1.93. The van der Waals surface area contributed by atoms with Gasteiger partial charge in [0.05, 0.1) is 27.9 Å². The van der Waals surface area contributed by atoms with Crippen LogP contribution in [0, 0.1) is 0 Å². The highest BCUT2D eigenvalue weighted by Crippen LogP contribution is 2.32. The summed E-state index contributed by atoms with van der Waals surface area (Å²) in [6.07, 6.45) is 3.40. The number of fused-ring (bicyclic) bond motifs is 1. The number of aromatic nitrogens is 1. The number of halogens is 1. The fourth-order valence-corrected chi connectivity index (χ4v) is 5.25. The number of esters is 1. The van der Waals surface area contributed by atoms with E-state index in [9.17, 15) is 9.59 Å². The van der Waals surface area contributed by atoms with E-state index >= 15 is 0 Å². The van der Waals surface area contributed by atoms with Gasteiger partial charge in [-0.1, -0.05) is 23.5 Å². The van der Waals surface area contributed by atoms with Gasteiger partial charge in [-0.05, 0) is 72.8 Å². The van der Waals surface area contributed by atoms with Crippen LogP contribution in [0.15, 0.2) is 71.4 Å². The van der Waals surface area contributed by atoms with Crippen LogP contribution < -0.4 is 14.9 Å². The zero-order valence-electron chi connectivity index (χ0n) is 17.9. The molecule has 3 heterocycles. The van der Waals surface area contributed by atoms with Crippen LogP contribution in [-0.2, 0) is 9.53 Å². The van der Waals surface area contributed by atoms with Gasteiger partial charge in [0.1, 0.15) is 5.76 Å². The molecule has 0 spiro atoms. The molecule has 3 aromatic rings. The normalized spacial score (nSPS) is 16.3. The largest absolute Gasteiger partial charge is 0.459 e. The van der Waals surface area contributed by atoms with Gasteiger partial charge in [0.25, 0.3) is 5.56 Å². The van der Waals surface area contributed by atoms with E-state index in [4.69, 9.17) is 9.15 Å². The third-order valence-corrected chi connectivity index (χ3v) is 7.04. The smallest absolute Gasteiger partial charge is 0.338 e. The van der Waals surface area contributed by atoms with E-state index in [-0.39, 0.29) is 11.7 Å². The molecular weight excluding hydrogens is 512 g/mol. The quantitative estimate of drug-likeness (QED) is 0.362. The van der Waals surface area contributed by atoms with Gasteiger partial charge in [-0.25, -0.2) is 9.79 Å². The number of hydrogen-bond donors (Lipinski definition) is 0. The van der Waals surface area contributed by atoms with Crippen LogP contribution in [-0.4, -0.2) is 22.9 Å². The molecule has 166 valence electrons. The lowest BCUT2D eigenvalue weighted by Crippen LogP contribution is -2.40. The molecule has 0 radical (unpaired) electrons. The Morgan fingerprint density at radius 3 is 2.59 bits per heavy atom. The maximum absolute atomic E-state index is 13.5. The van der Waals surface area contributed by atoms with Crippen LogP contribution in [0.5, 0.6) is 0 Å². The number of furan rings is 1. The van der Waals surface area contributed by atoms with Gasteiger partial charge in [-0.2, -0.15) is 0 Å². The predicted molar refractivity (Wildman–Crippen MR) is 130 cm³/mol. The minimum absolute atomic E-state index is 0.234. The molecule has 2 aromatic heterocycles. The number of carbonyl (C=O) groups excluding carboxylic acids is 1. The summed E-state index contributed by atoms with van der Waals surface area (Å²) in [4.78, 5) is 32.8. The van der Waals surface area contributed by atoms with Crippen molar-refractivity contribution in [3.05, 3.63) is 83.3 Å². The summed E-state index contributed by atoms with van der Waals surface area (Å²) < 4.78 is 13.7. The Morgan fingerprint density at radius 1 is 1.28 bits per heavy atom. The van der Waals surface area contributed by atoms with Gasteiger partial charge >= 0.3 is 5.97 Å². The first-order chi connectivity index (χ1) is 15.3. The zero-order chi connectivity index (χ0) is 23.0. The third-order valence-electron chi connectivity index (χ3n) is 4.88. The average molecular weight is 533 g/mol. The number of allylic oxidation sites excluding steroid dienone is 1. The van der Waals surface area contributed by atoms with E-state index in [1.54, 1.807) is 55.3 Å². The summed E-state index contributed by atoms with van der Waals surface area (Å²) >= 11 is 6.17. The van der Waals surface area contributed by atoms with Crippen LogP contribution in [0.3, 0.4) is 0 Å². The highest BCUT2D eigenvalue weighted by Gasteiger charge is 2.33. The highest BCUT2D eigenvalue weighted by molar-refractivity contribution is 9.10. The Labute approximate surface area is 201 Å². The van der Waals surface area contributed by atoms with E-state index < -0.39 is 12.0 Å². The van der Waals surface area contributed by atoms with Crippen LogP contribution in [0.1, 0.15) is 38.1 Å². The number of thioether (sulfide) groups is 1. The first kappa shape index (κ1) is 22.8. The van der Waals surface area contributed by atoms with Crippen molar-refractivity contribution in [3.8, 4) is 0 Å². The molecule has 1 aromatic carbocycles. The number of ether oxygens (including phenoxy) is 1. The highest BCUT2D eigenvalue weighted by atomic mass is 79.9. The summed E-state index contributed by atoms with van der Waals surface area (Å²) in [5, 5.41) is 0. The van der Waals surface area contributed by atoms with Gasteiger partial charge in [0.15, 0.2) is 9.47 Å². The van der Waals surface area contributed by atoms with Gasteiger partial charge < -0.3 is 9.15 Å². The van der Waals surface area contributed by atoms with E-state index in [2.05, 4.69) is 20.9 Å². The molecular formula is C23H21BrN2O4S2. The molecule has 0 amide bonds. The van der Waals surface area contributed by atoms with Gasteiger partial charge in [-0.15, -0.1) is 11.8 Å². The summed E-state index contributed by atoms with van der Waals surface area (Å²) in [7, 11) is 0. The molecule has 0 bridgehead atoms. The molecule has 1 atom stereocenters. The molecule has 32 heavy (non-hydrogen) atoms. The van der Waals surface area contributed by atoms with Crippen LogP contribution >= 0.6 is 39.0 Å². The second kappa shape index (κ2) is 9.25. The number of hydrogen-bond acceptors (Lipinski definition) is 7. The van der Waals surface area contributed by atoms with E-state index in [1.165, 1.54) is 11.3 Å². The minimum Gasteiger partial charge on any atom is -0.459 e. The van der Waals surface area contributed by atoms with Crippen molar-refractivity contribution in [1.29, 1.82) is 0 Å². The molecule has 0 saturated heterocycles. The van der Waals surface area contributed by atoms with Crippen molar-refractivity contribution in [3.63, 3.8) is 0 Å². The maximum atomic E-state index is 13.5. The number of rotatable bonds is 5. The first-order valence-electron chi connectivity index (χ1n) is 9.91. The second-order valence-corrected chi connectivity index (χ2v) is 10.1. The van der Waals surface area contributed by atoms with E-state index in [0.29, 0.717) is 31.0 Å². The average Bonchev–Trinajstić information content (AvgIpc) is 3.29. The molecule has 0 saturated carbocycles. The summed E-state index contributed by atoms with van der Waals surface area (Å²) in [6.45, 7) is 5.38. The summed E-state index contributed by atoms with van der Waals surface area (Å²) in [6, 6.07) is 10.8. The molecule has 4 rings (SSSR count). The lowest BCUT2D eigenvalue weighted by molar-refractivity contribution is -0.143. The fraction of sp³-hybridized carbons (Fsp3) is 0.261. The van der Waals surface area contributed by atoms with Crippen molar-refractivity contribution in [2.24, 2.45) is 4.99 Å². The standard InChI is InChI=1S/C23H21BrN2O4S2/c1-12(2)29-22(28)19-13(3)25-23-26(20(19)14-5-8-16(31-4)9-6-14)21(27)17(32-23)11-15-7-10-18(24)30-15/h5-12,20H,1-4H3/b17-11-/t20-/m0/s1. The number of carbonyl (C=O) groups is 1. The Bertz CT molecular complexity index is 1380. The Morgan fingerprint density at radius 2 is 2.00 bits per heavy atom. The van der Waals surface area contributed by atoms with Gasteiger partial charge in [0.2, 0.25) is 0 Å². The number of benzene rings is 1. The zero-order valence-corrected chi connectivity index (χ0v) is 21.1. The lowest BCUT2D eigenvalue weighted by Gasteiger charge is -2.25. The Kier molecular flexibility index (Phi) is 6.60. The van der Waals surface area contributed by atoms with Crippen molar-refractivity contribution in [2.45, 2.75) is 37.8 Å². The molecule has 6 nitrogen and oxygen atoms in total. The molecule has 9 heteroatoms. The fourth-order valence-electron chi connectivity index (χ4n) is 3.50. The van der Waals surface area contributed by atoms with Crippen LogP contribution in [0.25, 0.3) is 6.08 Å². The number of thiazole rings is 1. The van der Waals surface area contributed by atoms with Gasteiger partial charge in [0, 0.05) is 11.0 Å². The van der Waals surface area contributed by atoms with E-state index in [0.717, 1.165) is 10.5 Å². The third kappa shape index (κ3) is 4.42. The first-order valence-corrected chi connectivity index (χ1v) is 12.7. The molecule has 0 N–H and O–H groups in total. The van der Waals surface area contributed by atoms with Crippen LogP contribution in [0.4, 0.5) is 0 Å². The van der Waals surface area contributed by atoms with Crippen molar-refractivity contribution in [2.75, 3.05) is 6.26 Å². The SMILES string of the molecule is CSc1ccc([C@H]2C(C(=O)OC(C)C)=C(C)N=c3s/c(=C\c4ccc(Br)o4)c(=O)n32)cc1. The molecule has 0 fully saturated rings. The van der Waals surface area contributed by atoms with E-state index in [1.807, 2.05) is 30.5 Å². The molecule has 0 unspecified atom stereocenters. The monoisotopic (exact) mass is 532 g/mol. The van der Waals surface area contributed by atoms with Crippen LogP contribution in [0.2, 0.25) is 0 Å². The topological polar surface area (TPSA) is 73.8 Å². The molecule has 1 aliphatic rings. The van der Waals surface area contributed by atoms with Crippen molar-refractivity contribution in [1.82, 2.24) is 4.57 Å². The Hall–Kier alpha value is -2.36. The minimum atomic E-state index is -0.626. The maximum Gasteiger partial charge on any atom is 0.338 e.